The van der Waals surface area contributed by atoms with Crippen LogP contribution in [0.25, 0.3) is 0 Å². The van der Waals surface area contributed by atoms with Crippen molar-refractivity contribution in [1.82, 2.24) is 0 Å². The molecular formula is C20H19ClN2O5. The minimum Gasteiger partial charge on any atom is -0.482 e. The summed E-state index contributed by atoms with van der Waals surface area (Å²) in [5.74, 6) is -0.805. The van der Waals surface area contributed by atoms with E-state index >= 15 is 0 Å². The van der Waals surface area contributed by atoms with E-state index in [0.29, 0.717) is 22.1 Å². The van der Waals surface area contributed by atoms with Gasteiger partial charge in [0.2, 0.25) is 5.91 Å². The summed E-state index contributed by atoms with van der Waals surface area (Å²) in [6, 6.07) is 13.2. The quantitative estimate of drug-likeness (QED) is 0.777. The maximum absolute atomic E-state index is 12.7. The Labute approximate surface area is 167 Å². The first-order valence-corrected chi connectivity index (χ1v) is 9.07. The van der Waals surface area contributed by atoms with E-state index in [9.17, 15) is 14.4 Å². The second-order valence-corrected chi connectivity index (χ2v) is 6.72. The van der Waals surface area contributed by atoms with Gasteiger partial charge in [-0.25, -0.2) is 4.79 Å². The number of rotatable bonds is 5. The number of esters is 1. The van der Waals surface area contributed by atoms with Crippen LogP contribution in [0.4, 0.5) is 11.4 Å². The molecule has 3 rings (SSSR count). The van der Waals surface area contributed by atoms with Crippen LogP contribution in [0.2, 0.25) is 5.02 Å². The summed E-state index contributed by atoms with van der Waals surface area (Å²) in [5.41, 5.74) is 1.11. The number of benzene rings is 2. The Bertz CT molecular complexity index is 884. The van der Waals surface area contributed by atoms with Crippen molar-refractivity contribution in [3.05, 3.63) is 53.6 Å². The van der Waals surface area contributed by atoms with Crippen LogP contribution in [0.5, 0.6) is 5.75 Å². The summed E-state index contributed by atoms with van der Waals surface area (Å²) in [6.07, 6.45) is 0.147. The molecule has 0 saturated carbocycles. The van der Waals surface area contributed by atoms with Crippen LogP contribution in [0.3, 0.4) is 0 Å². The van der Waals surface area contributed by atoms with E-state index in [1.165, 1.54) is 4.90 Å². The first-order valence-electron chi connectivity index (χ1n) is 8.69. The molecule has 8 heteroatoms. The van der Waals surface area contributed by atoms with Gasteiger partial charge in [-0.05, 0) is 43.3 Å². The molecule has 1 heterocycles. The lowest BCUT2D eigenvalue weighted by molar-refractivity contribution is -0.149. The van der Waals surface area contributed by atoms with Gasteiger partial charge in [0.05, 0.1) is 11.4 Å². The molecule has 2 amide bonds. The van der Waals surface area contributed by atoms with Crippen LogP contribution in [0.1, 0.15) is 13.3 Å². The van der Waals surface area contributed by atoms with Crippen molar-refractivity contribution in [2.75, 3.05) is 23.4 Å². The summed E-state index contributed by atoms with van der Waals surface area (Å²) in [6.45, 7) is 0.988. The molecule has 0 bridgehead atoms. The Morgan fingerprint density at radius 2 is 1.86 bits per heavy atom. The molecule has 1 aliphatic rings. The van der Waals surface area contributed by atoms with Crippen molar-refractivity contribution in [2.24, 2.45) is 0 Å². The monoisotopic (exact) mass is 402 g/mol. The molecule has 0 radical (unpaired) electrons. The second-order valence-electron chi connectivity index (χ2n) is 6.29. The molecule has 2 aromatic carbocycles. The van der Waals surface area contributed by atoms with Crippen molar-refractivity contribution in [1.29, 1.82) is 0 Å². The first kappa shape index (κ1) is 19.7. The van der Waals surface area contributed by atoms with E-state index in [0.717, 1.165) is 0 Å². The average molecular weight is 403 g/mol. The molecule has 28 heavy (non-hydrogen) atoms. The van der Waals surface area contributed by atoms with Gasteiger partial charge in [-0.15, -0.1) is 0 Å². The molecule has 0 aliphatic carbocycles. The van der Waals surface area contributed by atoms with Crippen LogP contribution < -0.4 is 15.0 Å². The van der Waals surface area contributed by atoms with Crippen LogP contribution in [-0.4, -0.2) is 37.0 Å². The number of amides is 2. The third-order valence-electron chi connectivity index (χ3n) is 4.15. The number of hydrogen-bond donors (Lipinski definition) is 1. The van der Waals surface area contributed by atoms with Crippen LogP contribution >= 0.6 is 11.6 Å². The molecule has 0 unspecified atom stereocenters. The predicted octanol–water partition coefficient (Wildman–Crippen LogP) is 3.03. The third-order valence-corrected chi connectivity index (χ3v) is 4.41. The van der Waals surface area contributed by atoms with E-state index in [2.05, 4.69) is 5.32 Å². The fourth-order valence-electron chi connectivity index (χ4n) is 2.89. The molecule has 2 aromatic rings. The summed E-state index contributed by atoms with van der Waals surface area (Å²) in [7, 11) is 0. The molecule has 1 N–H and O–H groups in total. The minimum absolute atomic E-state index is 0.147. The number of para-hydroxylation sites is 2. The van der Waals surface area contributed by atoms with Gasteiger partial charge in [-0.1, -0.05) is 23.7 Å². The Morgan fingerprint density at radius 1 is 1.14 bits per heavy atom. The van der Waals surface area contributed by atoms with Gasteiger partial charge in [-0.2, -0.15) is 0 Å². The molecule has 0 fully saturated rings. The molecule has 146 valence electrons. The Kier molecular flexibility index (Phi) is 6.16. The topological polar surface area (TPSA) is 84.9 Å². The Hall–Kier alpha value is -3.06. The van der Waals surface area contributed by atoms with E-state index < -0.39 is 18.5 Å². The summed E-state index contributed by atoms with van der Waals surface area (Å²) >= 11 is 5.79. The Morgan fingerprint density at radius 3 is 2.61 bits per heavy atom. The smallest absolute Gasteiger partial charge is 0.344 e. The number of carbonyl (C=O) groups is 3. The molecular weight excluding hydrogens is 384 g/mol. The number of ether oxygens (including phenoxy) is 2. The number of carbonyl (C=O) groups excluding carboxylic acids is 3. The highest BCUT2D eigenvalue weighted by Gasteiger charge is 2.30. The SMILES string of the molecule is C[C@H]1CC(=O)Nc2ccccc2N1C(=O)COC(=O)COc1ccc(Cl)cc1. The number of nitrogens with zero attached hydrogens (tertiary/aromatic N) is 1. The maximum atomic E-state index is 12.7. The van der Waals surface area contributed by atoms with Crippen molar-refractivity contribution in [3.63, 3.8) is 0 Å². The van der Waals surface area contributed by atoms with Crippen molar-refractivity contribution < 1.29 is 23.9 Å². The van der Waals surface area contributed by atoms with Crippen molar-refractivity contribution in [2.45, 2.75) is 19.4 Å². The van der Waals surface area contributed by atoms with Crippen molar-refractivity contribution >= 4 is 40.8 Å². The lowest BCUT2D eigenvalue weighted by Gasteiger charge is -2.27. The molecule has 7 nitrogen and oxygen atoms in total. The van der Waals surface area contributed by atoms with E-state index in [4.69, 9.17) is 21.1 Å². The number of halogens is 1. The van der Waals surface area contributed by atoms with Gasteiger partial charge in [-0.3, -0.25) is 9.59 Å². The molecule has 0 spiro atoms. The van der Waals surface area contributed by atoms with Gasteiger partial charge < -0.3 is 19.7 Å². The largest absolute Gasteiger partial charge is 0.482 e. The van der Waals surface area contributed by atoms with Crippen LogP contribution in [0, 0.1) is 0 Å². The van der Waals surface area contributed by atoms with E-state index in [1.54, 1.807) is 55.5 Å². The van der Waals surface area contributed by atoms with Gasteiger partial charge >= 0.3 is 5.97 Å². The maximum Gasteiger partial charge on any atom is 0.344 e. The second kappa shape index (κ2) is 8.75. The fourth-order valence-corrected chi connectivity index (χ4v) is 3.02. The van der Waals surface area contributed by atoms with Crippen LogP contribution in [0.15, 0.2) is 48.5 Å². The van der Waals surface area contributed by atoms with Crippen LogP contribution in [-0.2, 0) is 19.1 Å². The molecule has 1 aliphatic heterocycles. The lowest BCUT2D eigenvalue weighted by atomic mass is 10.1. The Balaban J connectivity index is 1.59. The van der Waals surface area contributed by atoms with E-state index in [1.807, 2.05) is 0 Å². The highest BCUT2D eigenvalue weighted by atomic mass is 35.5. The standard InChI is InChI=1S/C20H19ClN2O5/c1-13-10-18(24)22-16-4-2-3-5-17(16)23(13)19(25)11-28-20(26)12-27-15-8-6-14(21)7-9-15/h2-9,13H,10-12H2,1H3,(H,22,24)/t13-/m0/s1. The highest BCUT2D eigenvalue weighted by Crippen LogP contribution is 2.31. The molecule has 0 saturated heterocycles. The molecule has 0 aromatic heterocycles. The van der Waals surface area contributed by atoms with Gasteiger partial charge in [0.25, 0.3) is 5.91 Å². The zero-order chi connectivity index (χ0) is 20.1. The zero-order valence-corrected chi connectivity index (χ0v) is 15.9. The number of nitrogens with one attached hydrogen (secondary N) is 1. The summed E-state index contributed by atoms with van der Waals surface area (Å²) in [4.78, 5) is 38.1. The number of hydrogen-bond acceptors (Lipinski definition) is 5. The molecule has 1 atom stereocenters. The van der Waals surface area contributed by atoms with Crippen molar-refractivity contribution in [3.8, 4) is 5.75 Å². The van der Waals surface area contributed by atoms with Gasteiger partial charge in [0.1, 0.15) is 5.75 Å². The van der Waals surface area contributed by atoms with Gasteiger partial charge in [0, 0.05) is 17.5 Å². The minimum atomic E-state index is -0.673. The lowest BCUT2D eigenvalue weighted by Crippen LogP contribution is -2.41. The fraction of sp³-hybridized carbons (Fsp3) is 0.250. The van der Waals surface area contributed by atoms with E-state index in [-0.39, 0.29) is 25.0 Å². The van der Waals surface area contributed by atoms with Gasteiger partial charge in [0.15, 0.2) is 13.2 Å². The first-order chi connectivity index (χ1) is 13.4. The summed E-state index contributed by atoms with van der Waals surface area (Å²) in [5, 5.41) is 3.33. The number of anilines is 2. The zero-order valence-electron chi connectivity index (χ0n) is 15.2. The number of fused-ring (bicyclic) bond motifs is 1. The third kappa shape index (κ3) is 4.80. The summed E-state index contributed by atoms with van der Waals surface area (Å²) < 4.78 is 10.3. The predicted molar refractivity (Wildman–Crippen MR) is 105 cm³/mol. The average Bonchev–Trinajstić information content (AvgIpc) is 2.79. The normalized spacial score (nSPS) is 15.9. The highest BCUT2D eigenvalue weighted by molar-refractivity contribution is 6.30.